The zero-order valence-electron chi connectivity index (χ0n) is 11.7. The molecule has 4 heteroatoms. The predicted molar refractivity (Wildman–Crippen MR) is 75.8 cm³/mol. The highest BCUT2D eigenvalue weighted by Crippen LogP contribution is 2.39. The van der Waals surface area contributed by atoms with Gasteiger partial charge in [-0.05, 0) is 31.7 Å². The summed E-state index contributed by atoms with van der Waals surface area (Å²) in [5.41, 5.74) is 2.28. The third kappa shape index (κ3) is 3.18. The lowest BCUT2D eigenvalue weighted by Crippen LogP contribution is -2.31. The van der Waals surface area contributed by atoms with Crippen molar-refractivity contribution in [1.29, 1.82) is 0 Å². The minimum absolute atomic E-state index is 0.00227. The van der Waals surface area contributed by atoms with Gasteiger partial charge in [-0.15, -0.1) is 0 Å². The molecule has 2 unspecified atom stereocenters. The largest absolute Gasteiger partial charge is 0.353 e. The number of amides is 2. The maximum Gasteiger partial charge on any atom is 0.224 e. The van der Waals surface area contributed by atoms with Crippen molar-refractivity contribution in [3.05, 3.63) is 35.4 Å². The highest BCUT2D eigenvalue weighted by Gasteiger charge is 2.48. The van der Waals surface area contributed by atoms with E-state index in [1.807, 2.05) is 25.1 Å². The van der Waals surface area contributed by atoms with Crippen LogP contribution in [0.4, 0.5) is 0 Å². The molecule has 2 atom stereocenters. The second-order valence-electron chi connectivity index (χ2n) is 5.94. The van der Waals surface area contributed by atoms with Crippen LogP contribution < -0.4 is 10.6 Å². The Morgan fingerprint density at radius 2 is 1.95 bits per heavy atom. The van der Waals surface area contributed by atoms with Gasteiger partial charge in [0.15, 0.2) is 0 Å². The number of carbonyl (C=O) groups is 2. The molecule has 0 bridgehead atoms. The quantitative estimate of drug-likeness (QED) is 0.854. The number of benzene rings is 1. The fourth-order valence-electron chi connectivity index (χ4n) is 2.45. The van der Waals surface area contributed by atoms with E-state index < -0.39 is 0 Å². The third-order valence-electron chi connectivity index (χ3n) is 3.94. The minimum Gasteiger partial charge on any atom is -0.353 e. The van der Waals surface area contributed by atoms with Gasteiger partial charge in [0.2, 0.25) is 11.8 Å². The Kier molecular flexibility index (Phi) is 3.47. The zero-order valence-corrected chi connectivity index (χ0v) is 11.7. The maximum atomic E-state index is 12.0. The molecule has 2 aliphatic carbocycles. The first kappa shape index (κ1) is 13.2. The molecule has 2 saturated carbocycles. The van der Waals surface area contributed by atoms with E-state index in [1.54, 1.807) is 0 Å². The summed E-state index contributed by atoms with van der Waals surface area (Å²) in [6.07, 6.45) is 2.86. The first-order valence-corrected chi connectivity index (χ1v) is 7.27. The van der Waals surface area contributed by atoms with E-state index in [-0.39, 0.29) is 23.7 Å². The maximum absolute atomic E-state index is 12.0. The summed E-state index contributed by atoms with van der Waals surface area (Å²) in [4.78, 5) is 23.8. The van der Waals surface area contributed by atoms with Crippen LogP contribution in [0.25, 0.3) is 0 Å². The van der Waals surface area contributed by atoms with Gasteiger partial charge in [-0.2, -0.15) is 0 Å². The molecule has 1 aromatic carbocycles. The Morgan fingerprint density at radius 3 is 2.65 bits per heavy atom. The van der Waals surface area contributed by atoms with E-state index in [0.29, 0.717) is 19.0 Å². The number of rotatable bonds is 5. The van der Waals surface area contributed by atoms with Crippen molar-refractivity contribution in [2.24, 2.45) is 11.8 Å². The summed E-state index contributed by atoms with van der Waals surface area (Å²) in [5.74, 6) is -0.169. The molecule has 2 aliphatic rings. The van der Waals surface area contributed by atoms with Crippen LogP contribution in [0.3, 0.4) is 0 Å². The topological polar surface area (TPSA) is 58.2 Å². The minimum atomic E-state index is -0.126. The molecule has 3 rings (SSSR count). The van der Waals surface area contributed by atoms with E-state index in [1.165, 1.54) is 5.56 Å². The molecule has 20 heavy (non-hydrogen) atoms. The molecule has 0 radical (unpaired) electrons. The number of hydrogen-bond donors (Lipinski definition) is 2. The van der Waals surface area contributed by atoms with Crippen LogP contribution >= 0.6 is 0 Å². The fourth-order valence-corrected chi connectivity index (χ4v) is 2.45. The molecule has 2 amide bonds. The fraction of sp³-hybridized carbons (Fsp3) is 0.500. The van der Waals surface area contributed by atoms with Gasteiger partial charge < -0.3 is 10.6 Å². The van der Waals surface area contributed by atoms with Gasteiger partial charge >= 0.3 is 0 Å². The summed E-state index contributed by atoms with van der Waals surface area (Å²) < 4.78 is 0. The smallest absolute Gasteiger partial charge is 0.224 e. The Hall–Kier alpha value is -1.84. The van der Waals surface area contributed by atoms with E-state index >= 15 is 0 Å². The van der Waals surface area contributed by atoms with Crippen LogP contribution in [0.5, 0.6) is 0 Å². The Labute approximate surface area is 118 Å². The summed E-state index contributed by atoms with van der Waals surface area (Å²) >= 11 is 0. The number of aryl methyl sites for hydroxylation is 1. The molecule has 0 spiro atoms. The Morgan fingerprint density at radius 1 is 1.20 bits per heavy atom. The monoisotopic (exact) mass is 272 g/mol. The molecule has 2 fully saturated rings. The molecule has 0 aromatic heterocycles. The normalized spacial score (nSPS) is 24.1. The molecular formula is C16H20N2O2. The Bertz CT molecular complexity index is 537. The lowest BCUT2D eigenvalue weighted by Gasteiger charge is -2.06. The Balaban J connectivity index is 1.45. The van der Waals surface area contributed by atoms with Crippen molar-refractivity contribution in [2.45, 2.75) is 38.8 Å². The number of hydrogen-bond acceptors (Lipinski definition) is 2. The average molecular weight is 272 g/mol. The third-order valence-corrected chi connectivity index (χ3v) is 3.94. The molecule has 0 saturated heterocycles. The SMILES string of the molecule is Cc1cccc(CNC(=O)C2CC2C(=O)NC2CC2)c1. The van der Waals surface area contributed by atoms with Gasteiger partial charge in [0.25, 0.3) is 0 Å². The summed E-state index contributed by atoms with van der Waals surface area (Å²) in [7, 11) is 0. The standard InChI is InChI=1S/C16H20N2O2/c1-10-3-2-4-11(7-10)9-17-15(19)13-8-14(13)16(20)18-12-5-6-12/h2-4,7,12-14H,5-6,8-9H2,1H3,(H,17,19)(H,18,20). The van der Waals surface area contributed by atoms with Crippen molar-refractivity contribution < 1.29 is 9.59 Å². The molecule has 106 valence electrons. The number of nitrogens with one attached hydrogen (secondary N) is 2. The van der Waals surface area contributed by atoms with Crippen LogP contribution in [-0.4, -0.2) is 17.9 Å². The lowest BCUT2D eigenvalue weighted by atomic mass is 10.1. The van der Waals surface area contributed by atoms with Crippen molar-refractivity contribution in [1.82, 2.24) is 10.6 Å². The first-order valence-electron chi connectivity index (χ1n) is 7.27. The van der Waals surface area contributed by atoms with Crippen molar-refractivity contribution in [2.75, 3.05) is 0 Å². The van der Waals surface area contributed by atoms with Crippen molar-refractivity contribution in [3.8, 4) is 0 Å². The van der Waals surface area contributed by atoms with Crippen LogP contribution in [0.1, 0.15) is 30.4 Å². The lowest BCUT2D eigenvalue weighted by molar-refractivity contribution is -0.127. The van der Waals surface area contributed by atoms with Gasteiger partial charge in [-0.25, -0.2) is 0 Å². The highest BCUT2D eigenvalue weighted by molar-refractivity contribution is 5.92. The number of carbonyl (C=O) groups excluding carboxylic acids is 2. The molecule has 1 aromatic rings. The van der Waals surface area contributed by atoms with Crippen LogP contribution in [0, 0.1) is 18.8 Å². The van der Waals surface area contributed by atoms with Crippen LogP contribution in [0.2, 0.25) is 0 Å². The van der Waals surface area contributed by atoms with Crippen molar-refractivity contribution >= 4 is 11.8 Å². The van der Waals surface area contributed by atoms with Crippen LogP contribution in [-0.2, 0) is 16.1 Å². The van der Waals surface area contributed by atoms with Gasteiger partial charge in [0.05, 0.1) is 11.8 Å². The van der Waals surface area contributed by atoms with E-state index in [0.717, 1.165) is 18.4 Å². The molecular weight excluding hydrogens is 252 g/mol. The first-order chi connectivity index (χ1) is 9.63. The molecule has 0 aliphatic heterocycles. The molecule has 2 N–H and O–H groups in total. The van der Waals surface area contributed by atoms with Gasteiger partial charge in [0, 0.05) is 12.6 Å². The average Bonchev–Trinajstić information content (AvgIpc) is 3.28. The second-order valence-corrected chi connectivity index (χ2v) is 5.94. The summed E-state index contributed by atoms with van der Waals surface area (Å²) in [5, 5.41) is 5.89. The highest BCUT2D eigenvalue weighted by atomic mass is 16.2. The van der Waals surface area contributed by atoms with E-state index in [9.17, 15) is 9.59 Å². The van der Waals surface area contributed by atoms with E-state index in [2.05, 4.69) is 16.7 Å². The van der Waals surface area contributed by atoms with E-state index in [4.69, 9.17) is 0 Å². The van der Waals surface area contributed by atoms with Gasteiger partial charge in [-0.3, -0.25) is 9.59 Å². The molecule has 0 heterocycles. The summed E-state index contributed by atoms with van der Waals surface area (Å²) in [6, 6.07) is 8.45. The summed E-state index contributed by atoms with van der Waals surface area (Å²) in [6.45, 7) is 2.57. The molecule has 4 nitrogen and oxygen atoms in total. The van der Waals surface area contributed by atoms with Crippen molar-refractivity contribution in [3.63, 3.8) is 0 Å². The second kappa shape index (κ2) is 5.27. The predicted octanol–water partition coefficient (Wildman–Crippen LogP) is 1.53. The van der Waals surface area contributed by atoms with Crippen LogP contribution in [0.15, 0.2) is 24.3 Å². The van der Waals surface area contributed by atoms with Gasteiger partial charge in [0.1, 0.15) is 0 Å². The van der Waals surface area contributed by atoms with Gasteiger partial charge in [-0.1, -0.05) is 29.8 Å². The zero-order chi connectivity index (χ0) is 14.1.